The van der Waals surface area contributed by atoms with Crippen LogP contribution in [0, 0.1) is 11.3 Å². The van der Waals surface area contributed by atoms with E-state index >= 15 is 0 Å². The van der Waals surface area contributed by atoms with Crippen LogP contribution in [0.3, 0.4) is 0 Å². The summed E-state index contributed by atoms with van der Waals surface area (Å²) in [6, 6.07) is 14.3. The first-order chi connectivity index (χ1) is 12.8. The number of rotatable bonds is 4. The second kappa shape index (κ2) is 6.92. The lowest BCUT2D eigenvalue weighted by molar-refractivity contribution is 0.112. The molecule has 3 aromatic rings. The molecule has 2 aromatic heterocycles. The second-order valence-corrected chi connectivity index (χ2v) is 7.08. The molecule has 0 aliphatic carbocycles. The van der Waals surface area contributed by atoms with E-state index in [1.165, 1.54) is 0 Å². The van der Waals surface area contributed by atoms with Crippen molar-refractivity contribution in [3.05, 3.63) is 53.7 Å². The van der Waals surface area contributed by atoms with E-state index in [0.29, 0.717) is 28.6 Å². The van der Waals surface area contributed by atoms with Crippen LogP contribution in [0.1, 0.15) is 36.8 Å². The average molecular weight is 360 g/mol. The van der Waals surface area contributed by atoms with Crippen LogP contribution in [-0.4, -0.2) is 21.1 Å². The van der Waals surface area contributed by atoms with E-state index in [4.69, 9.17) is 11.0 Å². The Morgan fingerprint density at radius 3 is 2.48 bits per heavy atom. The number of nitrogens with one attached hydrogen (secondary N) is 1. The van der Waals surface area contributed by atoms with Crippen LogP contribution in [0.2, 0.25) is 0 Å². The number of carbonyl (C=O) groups excluding carboxylic acids is 1. The maximum Gasteiger partial charge on any atom is 0.156 e. The van der Waals surface area contributed by atoms with Crippen molar-refractivity contribution in [2.45, 2.75) is 26.3 Å². The first-order valence-electron chi connectivity index (χ1n) is 8.42. The molecule has 2 heterocycles. The van der Waals surface area contributed by atoms with Crippen molar-refractivity contribution < 1.29 is 4.79 Å². The van der Waals surface area contributed by atoms with E-state index in [1.54, 1.807) is 35.0 Å². The Kier molecular flexibility index (Phi) is 4.65. The van der Waals surface area contributed by atoms with Gasteiger partial charge in [-0.1, -0.05) is 18.2 Å². The van der Waals surface area contributed by atoms with Gasteiger partial charge in [-0.05, 0) is 45.0 Å². The van der Waals surface area contributed by atoms with Crippen LogP contribution in [-0.2, 0) is 5.54 Å². The predicted octanol–water partition coefficient (Wildman–Crippen LogP) is 3.71. The molecular weight excluding hydrogens is 340 g/mol. The van der Waals surface area contributed by atoms with Crippen molar-refractivity contribution in [2.24, 2.45) is 0 Å². The molecule has 7 nitrogen and oxygen atoms in total. The van der Waals surface area contributed by atoms with Gasteiger partial charge in [0.15, 0.2) is 6.29 Å². The number of nitrogens with zero attached hydrogens (tertiary/aromatic N) is 4. The molecule has 0 fully saturated rings. The molecule has 0 unspecified atom stereocenters. The van der Waals surface area contributed by atoms with Crippen molar-refractivity contribution in [3.8, 4) is 17.3 Å². The zero-order valence-electron chi connectivity index (χ0n) is 15.4. The van der Waals surface area contributed by atoms with E-state index < -0.39 is 0 Å². The number of nitrogen functional groups attached to an aromatic ring is 1. The third-order valence-corrected chi connectivity index (χ3v) is 3.97. The van der Waals surface area contributed by atoms with Crippen LogP contribution in [0.4, 0.5) is 17.3 Å². The number of anilines is 3. The highest BCUT2D eigenvalue weighted by Crippen LogP contribution is 2.33. The summed E-state index contributed by atoms with van der Waals surface area (Å²) in [7, 11) is 0. The van der Waals surface area contributed by atoms with Crippen LogP contribution < -0.4 is 11.1 Å². The number of aldehydes is 1. The normalized spacial score (nSPS) is 11.0. The van der Waals surface area contributed by atoms with Crippen molar-refractivity contribution in [3.63, 3.8) is 0 Å². The maximum absolute atomic E-state index is 12.0. The summed E-state index contributed by atoms with van der Waals surface area (Å²) in [6.45, 7) is 5.98. The molecule has 0 saturated heterocycles. The summed E-state index contributed by atoms with van der Waals surface area (Å²) in [5.41, 5.74) is 8.06. The molecule has 0 bridgehead atoms. The quantitative estimate of drug-likeness (QED) is 0.542. The van der Waals surface area contributed by atoms with Crippen molar-refractivity contribution >= 4 is 23.6 Å². The summed E-state index contributed by atoms with van der Waals surface area (Å²) in [5, 5.41) is 16.9. The summed E-state index contributed by atoms with van der Waals surface area (Å²) in [6.07, 6.45) is 0.775. The molecule has 0 aliphatic rings. The van der Waals surface area contributed by atoms with Crippen LogP contribution >= 0.6 is 0 Å². The van der Waals surface area contributed by atoms with Crippen molar-refractivity contribution in [1.29, 1.82) is 5.26 Å². The molecule has 7 heteroatoms. The van der Waals surface area contributed by atoms with Gasteiger partial charge in [-0.3, -0.25) is 4.79 Å². The Bertz CT molecular complexity index is 1020. The number of hydrogen-bond acceptors (Lipinski definition) is 6. The minimum absolute atomic E-state index is 0.285. The van der Waals surface area contributed by atoms with Gasteiger partial charge in [0.1, 0.15) is 29.1 Å². The van der Waals surface area contributed by atoms with Gasteiger partial charge in [0.2, 0.25) is 0 Å². The lowest BCUT2D eigenvalue weighted by Gasteiger charge is -2.22. The minimum atomic E-state index is -0.390. The molecule has 0 spiro atoms. The second-order valence-electron chi connectivity index (χ2n) is 7.08. The number of aromatic nitrogens is 3. The smallest absolute Gasteiger partial charge is 0.156 e. The molecule has 0 saturated carbocycles. The van der Waals surface area contributed by atoms with Gasteiger partial charge >= 0.3 is 0 Å². The van der Waals surface area contributed by atoms with E-state index in [-0.39, 0.29) is 11.2 Å². The summed E-state index contributed by atoms with van der Waals surface area (Å²) in [4.78, 5) is 16.2. The number of pyridine rings is 1. The molecule has 0 aliphatic heterocycles. The van der Waals surface area contributed by atoms with Gasteiger partial charge in [0.05, 0.1) is 11.1 Å². The van der Waals surface area contributed by atoms with E-state index in [2.05, 4.69) is 15.4 Å². The Balaban J connectivity index is 2.17. The topological polar surface area (TPSA) is 110 Å². The minimum Gasteiger partial charge on any atom is -0.399 e. The number of nitriles is 1. The van der Waals surface area contributed by atoms with E-state index in [9.17, 15) is 4.79 Å². The SMILES string of the molecule is CC(C)(C)n1nc(-c2ccc(N)cc2)c(C=O)c1Nc1cccc(C#N)n1. The molecule has 136 valence electrons. The molecule has 0 radical (unpaired) electrons. The van der Waals surface area contributed by atoms with Crippen molar-refractivity contribution in [2.75, 3.05) is 11.1 Å². The lowest BCUT2D eigenvalue weighted by Crippen LogP contribution is -2.25. The number of hydrogen-bond donors (Lipinski definition) is 2. The van der Waals surface area contributed by atoms with Gasteiger partial charge in [0, 0.05) is 11.3 Å². The average Bonchev–Trinajstić information content (AvgIpc) is 3.01. The Morgan fingerprint density at radius 2 is 1.89 bits per heavy atom. The zero-order valence-corrected chi connectivity index (χ0v) is 15.4. The lowest BCUT2D eigenvalue weighted by atomic mass is 10.1. The largest absolute Gasteiger partial charge is 0.399 e. The Labute approximate surface area is 157 Å². The highest BCUT2D eigenvalue weighted by atomic mass is 16.1. The molecule has 0 atom stereocenters. The summed E-state index contributed by atoms with van der Waals surface area (Å²) >= 11 is 0. The fourth-order valence-corrected chi connectivity index (χ4v) is 2.69. The van der Waals surface area contributed by atoms with Crippen LogP contribution in [0.15, 0.2) is 42.5 Å². The summed E-state index contributed by atoms with van der Waals surface area (Å²) < 4.78 is 1.75. The first-order valence-corrected chi connectivity index (χ1v) is 8.42. The summed E-state index contributed by atoms with van der Waals surface area (Å²) in [5.74, 6) is 0.985. The molecule has 27 heavy (non-hydrogen) atoms. The van der Waals surface area contributed by atoms with Crippen molar-refractivity contribution in [1.82, 2.24) is 14.8 Å². The molecule has 3 rings (SSSR count). The Morgan fingerprint density at radius 1 is 1.19 bits per heavy atom. The zero-order chi connectivity index (χ0) is 19.6. The molecule has 0 amide bonds. The third-order valence-electron chi connectivity index (χ3n) is 3.97. The van der Waals surface area contributed by atoms with E-state index in [1.807, 2.05) is 39.0 Å². The van der Waals surface area contributed by atoms with Crippen LogP contribution in [0.25, 0.3) is 11.3 Å². The monoisotopic (exact) mass is 360 g/mol. The third kappa shape index (κ3) is 3.65. The van der Waals surface area contributed by atoms with E-state index in [0.717, 1.165) is 11.8 Å². The van der Waals surface area contributed by atoms with Crippen LogP contribution in [0.5, 0.6) is 0 Å². The number of nitrogens with two attached hydrogens (primary N) is 1. The first kappa shape index (κ1) is 18.1. The van der Waals surface area contributed by atoms with Gasteiger partial charge in [-0.25, -0.2) is 9.67 Å². The molecule has 3 N–H and O–H groups in total. The molecular formula is C20H20N6O. The standard InChI is InChI=1S/C20H20N6O/c1-20(2,3)26-19(24-17-6-4-5-15(11-21)23-17)16(12-27)18(25-26)13-7-9-14(22)10-8-13/h4-10,12H,22H2,1-3H3,(H,23,24). The number of benzene rings is 1. The fraction of sp³-hybridized carbons (Fsp3) is 0.200. The highest BCUT2D eigenvalue weighted by molar-refractivity contribution is 5.93. The van der Waals surface area contributed by atoms with Gasteiger partial charge in [-0.2, -0.15) is 10.4 Å². The predicted molar refractivity (Wildman–Crippen MR) is 105 cm³/mol. The van der Waals surface area contributed by atoms with Gasteiger partial charge < -0.3 is 11.1 Å². The fourth-order valence-electron chi connectivity index (χ4n) is 2.69. The maximum atomic E-state index is 12.0. The molecule has 1 aromatic carbocycles. The highest BCUT2D eigenvalue weighted by Gasteiger charge is 2.26. The van der Waals surface area contributed by atoms with Gasteiger partial charge in [0.25, 0.3) is 0 Å². The number of carbonyl (C=O) groups is 1. The Hall–Kier alpha value is -3.66. The van der Waals surface area contributed by atoms with Gasteiger partial charge in [-0.15, -0.1) is 0 Å².